The number of nitrogens with zero attached hydrogens (tertiary/aromatic N) is 2. The maximum atomic E-state index is 10.5. The van der Waals surface area contributed by atoms with Crippen LogP contribution in [0.4, 0.5) is 17.5 Å². The molecule has 0 bridgehead atoms. The Labute approximate surface area is 162 Å². The van der Waals surface area contributed by atoms with E-state index in [0.29, 0.717) is 17.6 Å². The molecule has 2 aliphatic heterocycles. The average molecular weight is 388 g/mol. The Kier molecular flexibility index (Phi) is 5.15. The van der Waals surface area contributed by atoms with Crippen LogP contribution >= 0.6 is 11.6 Å². The van der Waals surface area contributed by atoms with Crippen LogP contribution in [0.1, 0.15) is 18.9 Å². The summed E-state index contributed by atoms with van der Waals surface area (Å²) in [6.07, 6.45) is 3.82. The van der Waals surface area contributed by atoms with Gasteiger partial charge >= 0.3 is 0 Å². The molecule has 0 aliphatic carbocycles. The number of hydrogen-bond donors (Lipinski definition) is 4. The molecule has 0 radical (unpaired) electrons. The van der Waals surface area contributed by atoms with Crippen molar-refractivity contribution >= 4 is 35.1 Å². The number of anilines is 3. The summed E-state index contributed by atoms with van der Waals surface area (Å²) in [6, 6.07) is 7.46. The molecule has 7 nitrogen and oxygen atoms in total. The molecule has 142 valence electrons. The molecular weight excluding hydrogens is 366 g/mol. The second-order valence-corrected chi connectivity index (χ2v) is 7.20. The standard InChI is InChI=1S/C19H22ClN5O2/c1-11(15-9-12-8-13(20)2-3-16(12)24-18(15)26)22-19-21-6-4-17(25-19)23-14-5-7-27-10-14/h2-4,6,8-9,11,14,18,24,26H,5,7,10H2,1H3,(H2,21,22,23,25)/t11-,14?,18?/m0/s1. The lowest BCUT2D eigenvalue weighted by Gasteiger charge is -2.28. The summed E-state index contributed by atoms with van der Waals surface area (Å²) < 4.78 is 5.38. The second-order valence-electron chi connectivity index (χ2n) is 6.76. The maximum Gasteiger partial charge on any atom is 0.225 e. The molecule has 0 spiro atoms. The quantitative estimate of drug-likeness (QED) is 0.627. The van der Waals surface area contributed by atoms with Gasteiger partial charge in [0.2, 0.25) is 5.95 Å². The molecule has 8 heteroatoms. The molecule has 1 saturated heterocycles. The molecule has 1 aromatic heterocycles. The number of nitrogens with one attached hydrogen (secondary N) is 3. The van der Waals surface area contributed by atoms with E-state index in [0.717, 1.165) is 35.7 Å². The van der Waals surface area contributed by atoms with Gasteiger partial charge in [0.05, 0.1) is 18.7 Å². The molecule has 2 aromatic rings. The van der Waals surface area contributed by atoms with Crippen LogP contribution in [0.25, 0.3) is 6.08 Å². The number of aromatic nitrogens is 2. The molecule has 2 aliphatic rings. The normalized spacial score (nSPS) is 22.4. The van der Waals surface area contributed by atoms with Gasteiger partial charge in [-0.05, 0) is 49.2 Å². The summed E-state index contributed by atoms with van der Waals surface area (Å²) in [5, 5.41) is 20.8. The Morgan fingerprint density at radius 2 is 2.26 bits per heavy atom. The van der Waals surface area contributed by atoms with E-state index in [1.165, 1.54) is 0 Å². The summed E-state index contributed by atoms with van der Waals surface area (Å²) in [7, 11) is 0. The van der Waals surface area contributed by atoms with Crippen LogP contribution in [-0.4, -0.2) is 46.6 Å². The molecule has 0 amide bonds. The van der Waals surface area contributed by atoms with E-state index >= 15 is 0 Å². The monoisotopic (exact) mass is 387 g/mol. The molecule has 4 N–H and O–H groups in total. The van der Waals surface area contributed by atoms with Gasteiger partial charge < -0.3 is 25.8 Å². The first-order valence-corrected chi connectivity index (χ1v) is 9.36. The molecule has 2 unspecified atom stereocenters. The fraction of sp³-hybridized carbons (Fsp3) is 0.368. The van der Waals surface area contributed by atoms with Gasteiger partial charge in [0, 0.05) is 29.1 Å². The van der Waals surface area contributed by atoms with Crippen molar-refractivity contribution in [2.45, 2.75) is 31.7 Å². The van der Waals surface area contributed by atoms with Crippen LogP contribution in [0, 0.1) is 0 Å². The van der Waals surface area contributed by atoms with Crippen molar-refractivity contribution in [3.8, 4) is 0 Å². The number of fused-ring (bicyclic) bond motifs is 1. The van der Waals surface area contributed by atoms with E-state index < -0.39 is 6.23 Å². The lowest BCUT2D eigenvalue weighted by molar-refractivity contribution is 0.195. The molecular formula is C19H22ClN5O2. The molecule has 1 aromatic carbocycles. The minimum absolute atomic E-state index is 0.176. The molecule has 1 fully saturated rings. The maximum absolute atomic E-state index is 10.5. The highest BCUT2D eigenvalue weighted by Crippen LogP contribution is 2.30. The third kappa shape index (κ3) is 4.16. The zero-order chi connectivity index (χ0) is 18.8. The Morgan fingerprint density at radius 3 is 3.07 bits per heavy atom. The van der Waals surface area contributed by atoms with Crippen LogP contribution in [-0.2, 0) is 4.74 Å². The van der Waals surface area contributed by atoms with Crippen LogP contribution in [0.5, 0.6) is 0 Å². The minimum Gasteiger partial charge on any atom is -0.379 e. The van der Waals surface area contributed by atoms with E-state index in [-0.39, 0.29) is 12.1 Å². The average Bonchev–Trinajstić information content (AvgIpc) is 3.14. The largest absolute Gasteiger partial charge is 0.379 e. The fourth-order valence-electron chi connectivity index (χ4n) is 3.28. The van der Waals surface area contributed by atoms with Gasteiger partial charge in [-0.25, -0.2) is 4.98 Å². The number of aliphatic hydroxyl groups excluding tert-OH is 1. The van der Waals surface area contributed by atoms with Gasteiger partial charge in [-0.15, -0.1) is 0 Å². The number of halogens is 1. The third-order valence-electron chi connectivity index (χ3n) is 4.73. The van der Waals surface area contributed by atoms with Crippen LogP contribution in [0.15, 0.2) is 36.0 Å². The predicted molar refractivity (Wildman–Crippen MR) is 107 cm³/mol. The molecule has 27 heavy (non-hydrogen) atoms. The number of aliphatic hydroxyl groups is 1. The summed E-state index contributed by atoms with van der Waals surface area (Å²) in [6.45, 7) is 3.42. The van der Waals surface area contributed by atoms with Crippen molar-refractivity contribution in [3.05, 3.63) is 46.6 Å². The van der Waals surface area contributed by atoms with E-state index in [4.69, 9.17) is 16.3 Å². The van der Waals surface area contributed by atoms with Crippen molar-refractivity contribution < 1.29 is 9.84 Å². The summed E-state index contributed by atoms with van der Waals surface area (Å²) >= 11 is 6.09. The summed E-state index contributed by atoms with van der Waals surface area (Å²) in [5.41, 5.74) is 2.58. The smallest absolute Gasteiger partial charge is 0.225 e. The highest BCUT2D eigenvalue weighted by Gasteiger charge is 2.23. The number of ether oxygens (including phenoxy) is 1. The molecule has 4 rings (SSSR count). The second kappa shape index (κ2) is 7.72. The van der Waals surface area contributed by atoms with Gasteiger partial charge in [0.15, 0.2) is 0 Å². The Hall–Kier alpha value is -2.35. The van der Waals surface area contributed by atoms with Crippen LogP contribution in [0.3, 0.4) is 0 Å². The van der Waals surface area contributed by atoms with Crippen LogP contribution < -0.4 is 16.0 Å². The Balaban J connectivity index is 1.49. The van der Waals surface area contributed by atoms with Gasteiger partial charge in [0.1, 0.15) is 12.0 Å². The number of hydrogen-bond acceptors (Lipinski definition) is 7. The van der Waals surface area contributed by atoms with Crippen molar-refractivity contribution in [3.63, 3.8) is 0 Å². The van der Waals surface area contributed by atoms with Crippen LogP contribution in [0.2, 0.25) is 5.02 Å². The van der Waals surface area contributed by atoms with Gasteiger partial charge in [-0.3, -0.25) is 0 Å². The van der Waals surface area contributed by atoms with Crippen molar-refractivity contribution in [2.24, 2.45) is 0 Å². The SMILES string of the molecule is C[C@H](Nc1nccc(NC2CCOC2)n1)C1=Cc2cc(Cl)ccc2NC1O. The first-order valence-electron chi connectivity index (χ1n) is 8.98. The van der Waals surface area contributed by atoms with Gasteiger partial charge in [-0.2, -0.15) is 4.98 Å². The summed E-state index contributed by atoms with van der Waals surface area (Å²) in [5.74, 6) is 1.25. The van der Waals surface area contributed by atoms with Gasteiger partial charge in [-0.1, -0.05) is 11.6 Å². The van der Waals surface area contributed by atoms with E-state index in [2.05, 4.69) is 25.9 Å². The van der Waals surface area contributed by atoms with Crippen molar-refractivity contribution in [2.75, 3.05) is 29.2 Å². The zero-order valence-corrected chi connectivity index (χ0v) is 15.7. The molecule has 3 atom stereocenters. The number of benzene rings is 1. The van der Waals surface area contributed by atoms with Crippen molar-refractivity contribution in [1.82, 2.24) is 9.97 Å². The van der Waals surface area contributed by atoms with E-state index in [1.54, 1.807) is 12.3 Å². The zero-order valence-electron chi connectivity index (χ0n) is 14.9. The Bertz CT molecular complexity index is 854. The van der Waals surface area contributed by atoms with E-state index in [9.17, 15) is 5.11 Å². The minimum atomic E-state index is -0.793. The molecule has 0 saturated carbocycles. The summed E-state index contributed by atoms with van der Waals surface area (Å²) in [4.78, 5) is 8.80. The lowest BCUT2D eigenvalue weighted by atomic mass is 9.98. The van der Waals surface area contributed by atoms with Crippen molar-refractivity contribution in [1.29, 1.82) is 0 Å². The lowest BCUT2D eigenvalue weighted by Crippen LogP contribution is -2.34. The Morgan fingerprint density at radius 1 is 1.37 bits per heavy atom. The first kappa shape index (κ1) is 18.0. The van der Waals surface area contributed by atoms with E-state index in [1.807, 2.05) is 31.2 Å². The number of rotatable bonds is 5. The fourth-order valence-corrected chi connectivity index (χ4v) is 3.46. The predicted octanol–water partition coefficient (Wildman–Crippen LogP) is 2.96. The highest BCUT2D eigenvalue weighted by molar-refractivity contribution is 6.30. The first-order chi connectivity index (χ1) is 13.1. The molecule has 3 heterocycles. The third-order valence-corrected chi connectivity index (χ3v) is 4.96. The topological polar surface area (TPSA) is 91.3 Å². The highest BCUT2D eigenvalue weighted by atomic mass is 35.5. The van der Waals surface area contributed by atoms with Gasteiger partial charge in [0.25, 0.3) is 0 Å².